The molecule has 0 unspecified atom stereocenters. The van der Waals surface area contributed by atoms with Crippen LogP contribution in [0.15, 0.2) is 83.8 Å². The van der Waals surface area contributed by atoms with Crippen molar-refractivity contribution in [3.63, 3.8) is 0 Å². The van der Waals surface area contributed by atoms with Crippen molar-refractivity contribution in [3.05, 3.63) is 95.8 Å². The van der Waals surface area contributed by atoms with Crippen molar-refractivity contribution in [1.82, 2.24) is 9.21 Å². The fourth-order valence-electron chi connectivity index (χ4n) is 3.59. The molecule has 0 spiro atoms. The maximum Gasteiger partial charge on any atom is 0.254 e. The zero-order chi connectivity index (χ0) is 22.6. The van der Waals surface area contributed by atoms with E-state index in [2.05, 4.69) is 0 Å². The zero-order valence-corrected chi connectivity index (χ0v) is 18.2. The summed E-state index contributed by atoms with van der Waals surface area (Å²) in [7, 11) is -3.73. The minimum absolute atomic E-state index is 0.0436. The summed E-state index contributed by atoms with van der Waals surface area (Å²) in [6.07, 6.45) is 0. The van der Waals surface area contributed by atoms with Gasteiger partial charge in [-0.15, -0.1) is 0 Å². The monoisotopic (exact) mass is 454 g/mol. The normalized spacial score (nSPS) is 14.8. The van der Waals surface area contributed by atoms with Crippen molar-refractivity contribution in [3.8, 4) is 5.75 Å². The molecule has 0 aromatic heterocycles. The van der Waals surface area contributed by atoms with Crippen LogP contribution in [0.4, 0.5) is 4.39 Å². The molecule has 0 bridgehead atoms. The number of sulfonamides is 1. The number of amides is 1. The van der Waals surface area contributed by atoms with E-state index < -0.39 is 15.8 Å². The highest BCUT2D eigenvalue weighted by Crippen LogP contribution is 2.21. The maximum atomic E-state index is 13.2. The minimum atomic E-state index is -3.73. The molecule has 166 valence electrons. The van der Waals surface area contributed by atoms with Gasteiger partial charge in [-0.25, -0.2) is 12.8 Å². The fourth-order valence-corrected chi connectivity index (χ4v) is 5.01. The Kier molecular flexibility index (Phi) is 6.53. The molecule has 0 atom stereocenters. The van der Waals surface area contributed by atoms with Crippen molar-refractivity contribution in [2.45, 2.75) is 11.5 Å². The highest BCUT2D eigenvalue weighted by molar-refractivity contribution is 7.89. The lowest BCUT2D eigenvalue weighted by Gasteiger charge is -2.34. The Balaban J connectivity index is 1.42. The van der Waals surface area contributed by atoms with Gasteiger partial charge in [0.1, 0.15) is 18.2 Å². The first-order chi connectivity index (χ1) is 15.4. The number of rotatable bonds is 6. The van der Waals surface area contributed by atoms with Gasteiger partial charge in [0, 0.05) is 37.3 Å². The van der Waals surface area contributed by atoms with Gasteiger partial charge in [-0.3, -0.25) is 4.79 Å². The maximum absolute atomic E-state index is 13.2. The second kappa shape index (κ2) is 9.50. The van der Waals surface area contributed by atoms with Gasteiger partial charge in [-0.2, -0.15) is 4.31 Å². The van der Waals surface area contributed by atoms with E-state index in [1.807, 2.05) is 42.5 Å². The quantitative estimate of drug-likeness (QED) is 0.571. The minimum Gasteiger partial charge on any atom is -0.489 e. The Morgan fingerprint density at radius 1 is 0.844 bits per heavy atom. The van der Waals surface area contributed by atoms with Crippen LogP contribution in [0.1, 0.15) is 15.9 Å². The largest absolute Gasteiger partial charge is 0.489 e. The Labute approximate surface area is 186 Å². The third kappa shape index (κ3) is 4.81. The van der Waals surface area contributed by atoms with Crippen LogP contribution in [-0.2, 0) is 16.6 Å². The number of nitrogens with zero attached hydrogens (tertiary/aromatic N) is 2. The number of benzene rings is 3. The summed E-state index contributed by atoms with van der Waals surface area (Å²) in [6.45, 7) is 1.15. The van der Waals surface area contributed by atoms with Crippen LogP contribution in [-0.4, -0.2) is 49.7 Å². The van der Waals surface area contributed by atoms with E-state index in [4.69, 9.17) is 4.74 Å². The Morgan fingerprint density at radius 3 is 2.16 bits per heavy atom. The number of hydrogen-bond donors (Lipinski definition) is 0. The van der Waals surface area contributed by atoms with Crippen LogP contribution in [0.5, 0.6) is 5.75 Å². The van der Waals surface area contributed by atoms with Gasteiger partial charge in [-0.1, -0.05) is 36.4 Å². The molecule has 0 N–H and O–H groups in total. The molecule has 0 saturated carbocycles. The van der Waals surface area contributed by atoms with E-state index in [1.165, 1.54) is 16.4 Å². The molecule has 1 aliphatic heterocycles. The van der Waals surface area contributed by atoms with Crippen molar-refractivity contribution in [2.24, 2.45) is 0 Å². The summed E-state index contributed by atoms with van der Waals surface area (Å²) in [5.74, 6) is 0.0692. The average molecular weight is 455 g/mol. The second-order valence-electron chi connectivity index (χ2n) is 7.41. The van der Waals surface area contributed by atoms with Crippen LogP contribution < -0.4 is 4.74 Å². The van der Waals surface area contributed by atoms with Crippen LogP contribution in [0.3, 0.4) is 0 Å². The molecule has 0 aliphatic carbocycles. The first kappa shape index (κ1) is 22.0. The number of carbonyl (C=O) groups excluding carboxylic acids is 1. The van der Waals surface area contributed by atoms with E-state index >= 15 is 0 Å². The summed E-state index contributed by atoms with van der Waals surface area (Å²) >= 11 is 0. The van der Waals surface area contributed by atoms with Gasteiger partial charge < -0.3 is 9.64 Å². The number of piperazine rings is 1. The SMILES string of the molecule is O=C(c1ccccc1COc1ccccc1)N1CCN(S(=O)(=O)c2ccc(F)cc2)CC1. The van der Waals surface area contributed by atoms with E-state index in [-0.39, 0.29) is 43.6 Å². The summed E-state index contributed by atoms with van der Waals surface area (Å²) in [5, 5.41) is 0. The van der Waals surface area contributed by atoms with Crippen molar-refractivity contribution in [1.29, 1.82) is 0 Å². The Hall–Kier alpha value is -3.23. The summed E-state index contributed by atoms with van der Waals surface area (Å²) in [5.41, 5.74) is 1.31. The molecule has 3 aromatic rings. The molecule has 4 rings (SSSR count). The summed E-state index contributed by atoms with van der Waals surface area (Å²) < 4.78 is 45.9. The van der Waals surface area contributed by atoms with Crippen LogP contribution in [0.2, 0.25) is 0 Å². The molecule has 32 heavy (non-hydrogen) atoms. The van der Waals surface area contributed by atoms with Gasteiger partial charge in [0.15, 0.2) is 0 Å². The Morgan fingerprint density at radius 2 is 1.47 bits per heavy atom. The molecular weight excluding hydrogens is 431 g/mol. The number of ether oxygens (including phenoxy) is 1. The molecule has 3 aromatic carbocycles. The van der Waals surface area contributed by atoms with Crippen molar-refractivity contribution in [2.75, 3.05) is 26.2 Å². The lowest BCUT2D eigenvalue weighted by atomic mass is 10.1. The molecule has 6 nitrogen and oxygen atoms in total. The standard InChI is InChI=1S/C24H23FN2O4S/c25-20-10-12-22(13-11-20)32(29,30)27-16-14-26(15-17-27)24(28)23-9-5-4-6-19(23)18-31-21-7-2-1-3-8-21/h1-13H,14-18H2. The van der Waals surface area contributed by atoms with E-state index in [0.717, 1.165) is 23.4 Å². The van der Waals surface area contributed by atoms with Gasteiger partial charge in [0.25, 0.3) is 5.91 Å². The molecule has 1 fully saturated rings. The van der Waals surface area contributed by atoms with E-state index in [0.29, 0.717) is 5.56 Å². The second-order valence-corrected chi connectivity index (χ2v) is 9.35. The van der Waals surface area contributed by atoms with E-state index in [9.17, 15) is 17.6 Å². The van der Waals surface area contributed by atoms with Crippen molar-refractivity contribution < 1.29 is 22.3 Å². The average Bonchev–Trinajstić information content (AvgIpc) is 2.83. The third-order valence-electron chi connectivity index (χ3n) is 5.36. The highest BCUT2D eigenvalue weighted by atomic mass is 32.2. The topological polar surface area (TPSA) is 66.9 Å². The first-order valence-electron chi connectivity index (χ1n) is 10.3. The molecule has 0 radical (unpaired) electrons. The molecule has 1 saturated heterocycles. The number of halogens is 1. The fraction of sp³-hybridized carbons (Fsp3) is 0.208. The van der Waals surface area contributed by atoms with Crippen LogP contribution >= 0.6 is 0 Å². The summed E-state index contributed by atoms with van der Waals surface area (Å²) in [6, 6.07) is 21.4. The first-order valence-corrected chi connectivity index (χ1v) is 11.7. The molecule has 8 heteroatoms. The zero-order valence-electron chi connectivity index (χ0n) is 17.4. The number of carbonyl (C=O) groups is 1. The van der Waals surface area contributed by atoms with Crippen molar-refractivity contribution >= 4 is 15.9 Å². The molecule has 1 aliphatic rings. The van der Waals surface area contributed by atoms with Gasteiger partial charge in [-0.05, 0) is 42.5 Å². The smallest absolute Gasteiger partial charge is 0.254 e. The van der Waals surface area contributed by atoms with E-state index in [1.54, 1.807) is 17.0 Å². The van der Waals surface area contributed by atoms with Gasteiger partial charge in [0.05, 0.1) is 4.90 Å². The van der Waals surface area contributed by atoms with Crippen LogP contribution in [0.25, 0.3) is 0 Å². The lowest BCUT2D eigenvalue weighted by molar-refractivity contribution is 0.0695. The molecule has 1 heterocycles. The predicted octanol–water partition coefficient (Wildman–Crippen LogP) is 3.55. The predicted molar refractivity (Wildman–Crippen MR) is 118 cm³/mol. The molecule has 1 amide bonds. The lowest BCUT2D eigenvalue weighted by Crippen LogP contribution is -2.50. The van der Waals surface area contributed by atoms with Gasteiger partial charge in [0.2, 0.25) is 10.0 Å². The third-order valence-corrected chi connectivity index (χ3v) is 7.28. The highest BCUT2D eigenvalue weighted by Gasteiger charge is 2.31. The molecular formula is C24H23FN2O4S. The van der Waals surface area contributed by atoms with Gasteiger partial charge >= 0.3 is 0 Å². The van der Waals surface area contributed by atoms with Crippen LogP contribution in [0, 0.1) is 5.82 Å². The summed E-state index contributed by atoms with van der Waals surface area (Å²) in [4.78, 5) is 14.9. The Bertz CT molecular complexity index is 1180. The number of para-hydroxylation sites is 1. The number of hydrogen-bond acceptors (Lipinski definition) is 4.